The Morgan fingerprint density at radius 2 is 2.25 bits per heavy atom. The molecule has 0 aliphatic rings. The average molecular weight is 335 g/mol. The van der Waals surface area contributed by atoms with Gasteiger partial charge in [0.15, 0.2) is 9.34 Å². The molecule has 0 atom stereocenters. The van der Waals surface area contributed by atoms with Gasteiger partial charge >= 0.3 is 10.8 Å². The van der Waals surface area contributed by atoms with Gasteiger partial charge in [0, 0.05) is 11.1 Å². The topological polar surface area (TPSA) is 129 Å². The Morgan fingerprint density at radius 3 is 2.80 bits per heavy atom. The molecule has 0 aliphatic carbocycles. The van der Waals surface area contributed by atoms with Crippen molar-refractivity contribution in [2.75, 3.05) is 4.72 Å². The first-order valence-corrected chi connectivity index (χ1v) is 8.34. The Bertz CT molecular complexity index is 801. The Balaban J connectivity index is 2.24. The Hall–Kier alpha value is -1.72. The molecule has 0 radical (unpaired) electrons. The lowest BCUT2D eigenvalue weighted by molar-refractivity contribution is -0.136. The summed E-state index contributed by atoms with van der Waals surface area (Å²) in [4.78, 5) is 27.4. The zero-order valence-corrected chi connectivity index (χ0v) is 12.5. The smallest absolute Gasteiger partial charge is 0.309 e. The van der Waals surface area contributed by atoms with E-state index in [0.717, 1.165) is 11.3 Å². The van der Waals surface area contributed by atoms with Crippen molar-refractivity contribution in [2.45, 2.75) is 17.6 Å². The zero-order chi connectivity index (χ0) is 14.9. The predicted molar refractivity (Wildman–Crippen MR) is 73.9 cm³/mol. The van der Waals surface area contributed by atoms with E-state index in [-0.39, 0.29) is 27.1 Å². The number of rotatable bonds is 5. The first kappa shape index (κ1) is 14.7. The van der Waals surface area contributed by atoms with Crippen LogP contribution in [-0.4, -0.2) is 29.5 Å². The number of nitrogens with one attached hydrogen (secondary N) is 2. The number of carbonyl (C=O) groups is 1. The van der Waals surface area contributed by atoms with Crippen LogP contribution in [0, 0.1) is 6.92 Å². The Kier molecular flexibility index (Phi) is 3.92. The number of aliphatic carboxylic acids is 1. The highest BCUT2D eigenvalue weighted by Crippen LogP contribution is 2.23. The molecule has 108 valence electrons. The predicted octanol–water partition coefficient (Wildman–Crippen LogP) is 0.629. The summed E-state index contributed by atoms with van der Waals surface area (Å²) in [5.41, 5.74) is 0.508. The van der Waals surface area contributed by atoms with E-state index < -0.39 is 20.9 Å². The molecule has 0 unspecified atom stereocenters. The number of carboxylic acids is 1. The number of anilines is 1. The summed E-state index contributed by atoms with van der Waals surface area (Å²) in [6, 6.07) is 0. The van der Waals surface area contributed by atoms with E-state index in [4.69, 9.17) is 5.11 Å². The number of aryl methyl sites for hydroxylation is 1. The van der Waals surface area contributed by atoms with E-state index in [9.17, 15) is 18.0 Å². The fourth-order valence-corrected chi connectivity index (χ4v) is 4.66. The van der Waals surface area contributed by atoms with Gasteiger partial charge < -0.3 is 10.1 Å². The van der Waals surface area contributed by atoms with Crippen molar-refractivity contribution in [3.63, 3.8) is 0 Å². The standard InChI is InChI=1S/C9H9N3O5S3/c1-4-7(19-9(15)10-4)20(16,17)12-8-11-5(3-18-8)2-6(13)14/h3H,2H2,1H3,(H,10,15)(H,11,12)(H,13,14). The van der Waals surface area contributed by atoms with Crippen molar-refractivity contribution in [2.24, 2.45) is 0 Å². The first-order chi connectivity index (χ1) is 9.28. The fraction of sp³-hybridized carbons (Fsp3) is 0.222. The molecule has 0 fully saturated rings. The molecule has 2 heterocycles. The van der Waals surface area contributed by atoms with Gasteiger partial charge in [-0.15, -0.1) is 11.3 Å². The minimum absolute atomic E-state index is 0.0569. The number of thiazole rings is 2. The van der Waals surface area contributed by atoms with Crippen LogP contribution in [0.25, 0.3) is 0 Å². The van der Waals surface area contributed by atoms with Crippen LogP contribution < -0.4 is 9.60 Å². The number of H-pyrrole nitrogens is 1. The van der Waals surface area contributed by atoms with Crippen LogP contribution in [0.5, 0.6) is 0 Å². The molecule has 8 nitrogen and oxygen atoms in total. The maximum atomic E-state index is 12.1. The zero-order valence-electron chi connectivity index (χ0n) is 10.0. The highest BCUT2D eigenvalue weighted by Gasteiger charge is 2.22. The number of aromatic nitrogens is 2. The number of nitrogens with zero attached hydrogens (tertiary/aromatic N) is 1. The summed E-state index contributed by atoms with van der Waals surface area (Å²) in [7, 11) is -3.90. The third kappa shape index (κ3) is 3.23. The van der Waals surface area contributed by atoms with E-state index in [0.29, 0.717) is 11.3 Å². The molecule has 11 heteroatoms. The molecule has 0 saturated heterocycles. The van der Waals surface area contributed by atoms with E-state index in [1.165, 1.54) is 12.3 Å². The summed E-state index contributed by atoms with van der Waals surface area (Å²) in [6.07, 6.45) is -0.283. The lowest BCUT2D eigenvalue weighted by Crippen LogP contribution is -2.12. The van der Waals surface area contributed by atoms with Crippen molar-refractivity contribution >= 4 is 43.8 Å². The molecule has 0 spiro atoms. The normalized spacial score (nSPS) is 11.4. The molecular weight excluding hydrogens is 326 g/mol. The minimum atomic E-state index is -3.90. The van der Waals surface area contributed by atoms with Crippen molar-refractivity contribution in [1.82, 2.24) is 9.97 Å². The summed E-state index contributed by atoms with van der Waals surface area (Å²) >= 11 is 1.56. The van der Waals surface area contributed by atoms with Crippen molar-refractivity contribution in [3.05, 3.63) is 26.4 Å². The second kappa shape index (κ2) is 5.34. The summed E-state index contributed by atoms with van der Waals surface area (Å²) in [6.45, 7) is 1.48. The monoisotopic (exact) mass is 335 g/mol. The molecule has 2 rings (SSSR count). The Labute approximate surface area is 121 Å². The SMILES string of the molecule is Cc1[nH]c(=O)sc1S(=O)(=O)Nc1nc(CC(=O)O)cs1. The lowest BCUT2D eigenvalue weighted by atomic mass is 10.3. The quantitative estimate of drug-likeness (QED) is 0.735. The van der Waals surface area contributed by atoms with Crippen LogP contribution in [0.3, 0.4) is 0 Å². The van der Waals surface area contributed by atoms with Gasteiger partial charge in [-0.2, -0.15) is 0 Å². The summed E-state index contributed by atoms with van der Waals surface area (Å²) in [5.74, 6) is -1.05. The largest absolute Gasteiger partial charge is 0.481 e. The molecular formula is C9H9N3O5S3. The summed E-state index contributed by atoms with van der Waals surface area (Å²) < 4.78 is 26.2. The molecule has 0 bridgehead atoms. The molecule has 0 saturated carbocycles. The molecule has 20 heavy (non-hydrogen) atoms. The number of aromatic amines is 1. The first-order valence-electron chi connectivity index (χ1n) is 5.16. The highest BCUT2D eigenvalue weighted by molar-refractivity contribution is 7.94. The van der Waals surface area contributed by atoms with Crippen LogP contribution in [0.4, 0.5) is 5.13 Å². The van der Waals surface area contributed by atoms with E-state index in [2.05, 4.69) is 14.7 Å². The van der Waals surface area contributed by atoms with E-state index >= 15 is 0 Å². The van der Waals surface area contributed by atoms with Gasteiger partial charge in [0.05, 0.1) is 12.1 Å². The van der Waals surface area contributed by atoms with Gasteiger partial charge in [-0.3, -0.25) is 14.3 Å². The van der Waals surface area contributed by atoms with Gasteiger partial charge in [-0.25, -0.2) is 13.4 Å². The van der Waals surface area contributed by atoms with Crippen LogP contribution in [0.15, 0.2) is 14.4 Å². The third-order valence-electron chi connectivity index (χ3n) is 2.13. The Morgan fingerprint density at radius 1 is 1.55 bits per heavy atom. The molecule has 2 aromatic rings. The van der Waals surface area contributed by atoms with Gasteiger partial charge in [0.2, 0.25) is 0 Å². The van der Waals surface area contributed by atoms with Crippen LogP contribution >= 0.6 is 22.7 Å². The molecule has 0 aliphatic heterocycles. The average Bonchev–Trinajstić information content (AvgIpc) is 2.84. The van der Waals surface area contributed by atoms with Crippen LogP contribution in [0.1, 0.15) is 11.4 Å². The maximum Gasteiger partial charge on any atom is 0.309 e. The maximum absolute atomic E-state index is 12.1. The van der Waals surface area contributed by atoms with Crippen molar-refractivity contribution in [1.29, 1.82) is 0 Å². The number of hydrogen-bond acceptors (Lipinski definition) is 7. The van der Waals surface area contributed by atoms with E-state index in [1.54, 1.807) is 0 Å². The number of sulfonamides is 1. The second-order valence-corrected chi connectivity index (χ2v) is 7.47. The lowest BCUT2D eigenvalue weighted by Gasteiger charge is -2.02. The summed E-state index contributed by atoms with van der Waals surface area (Å²) in [5, 5.41) is 10.1. The highest BCUT2D eigenvalue weighted by atomic mass is 32.2. The molecule has 3 N–H and O–H groups in total. The number of carboxylic acid groups (broad SMARTS) is 1. The molecule has 0 aromatic carbocycles. The van der Waals surface area contributed by atoms with Crippen molar-refractivity contribution in [3.8, 4) is 0 Å². The van der Waals surface area contributed by atoms with Crippen LogP contribution in [0.2, 0.25) is 0 Å². The van der Waals surface area contributed by atoms with Crippen LogP contribution in [-0.2, 0) is 21.2 Å². The van der Waals surface area contributed by atoms with Gasteiger partial charge in [0.25, 0.3) is 10.0 Å². The molecule has 0 amide bonds. The van der Waals surface area contributed by atoms with E-state index in [1.807, 2.05) is 0 Å². The van der Waals surface area contributed by atoms with Crippen molar-refractivity contribution < 1.29 is 18.3 Å². The second-order valence-electron chi connectivity index (χ2n) is 3.75. The third-order valence-corrected chi connectivity index (χ3v) is 6.01. The van der Waals surface area contributed by atoms with Gasteiger partial charge in [-0.1, -0.05) is 11.3 Å². The minimum Gasteiger partial charge on any atom is -0.481 e. The number of hydrogen-bond donors (Lipinski definition) is 3. The van der Waals surface area contributed by atoms with Gasteiger partial charge in [-0.05, 0) is 6.92 Å². The molecule has 2 aromatic heterocycles. The fourth-order valence-electron chi connectivity index (χ4n) is 1.40. The van der Waals surface area contributed by atoms with Gasteiger partial charge in [0.1, 0.15) is 0 Å².